The van der Waals surface area contributed by atoms with E-state index in [-0.39, 0.29) is 11.5 Å². The number of fused-ring (bicyclic) bond motifs is 1. The van der Waals surface area contributed by atoms with E-state index in [1.54, 1.807) is 25.4 Å². The molecule has 272 valence electrons. The van der Waals surface area contributed by atoms with Crippen LogP contribution in [0.5, 0.6) is 17.2 Å². The number of ketones is 1. The van der Waals surface area contributed by atoms with Crippen molar-refractivity contribution in [3.05, 3.63) is 95.8 Å². The van der Waals surface area contributed by atoms with Gasteiger partial charge in [-0.2, -0.15) is 5.10 Å². The van der Waals surface area contributed by atoms with Crippen LogP contribution >= 0.6 is 11.3 Å². The molecule has 5 aromatic rings. The average Bonchev–Trinajstić information content (AvgIpc) is 3.91. The van der Waals surface area contributed by atoms with Gasteiger partial charge in [0.1, 0.15) is 23.9 Å². The molecule has 1 aliphatic heterocycles. The maximum absolute atomic E-state index is 14.1. The van der Waals surface area contributed by atoms with Gasteiger partial charge >= 0.3 is 23.9 Å². The average molecular weight is 734 g/mol. The summed E-state index contributed by atoms with van der Waals surface area (Å²) in [4.78, 5) is 53.8. The number of phenolic OH excluding ortho intramolecular Hbond substituents is 1. The van der Waals surface area contributed by atoms with Gasteiger partial charge in [-0.15, -0.1) is 11.3 Å². The molecule has 15 nitrogen and oxygen atoms in total. The number of phenols is 1. The van der Waals surface area contributed by atoms with Crippen LogP contribution in [0.2, 0.25) is 0 Å². The Labute approximate surface area is 300 Å². The van der Waals surface area contributed by atoms with Gasteiger partial charge in [0.05, 0.1) is 13.7 Å². The Morgan fingerprint density at radius 1 is 0.846 bits per heavy atom. The minimum Gasteiger partial charge on any atom is -0.508 e. The van der Waals surface area contributed by atoms with Crippen LogP contribution in [0.1, 0.15) is 34.3 Å². The van der Waals surface area contributed by atoms with Crippen molar-refractivity contribution in [3.63, 3.8) is 0 Å². The largest absolute Gasteiger partial charge is 0.508 e. The number of nitrogens with zero attached hydrogens (tertiary/aromatic N) is 3. The number of carbonyl (C=O) groups excluding carboxylic acids is 1. The third kappa shape index (κ3) is 10.4. The third-order valence-corrected chi connectivity index (χ3v) is 8.87. The summed E-state index contributed by atoms with van der Waals surface area (Å²) in [5.41, 5.74) is 3.21. The molecule has 1 fully saturated rings. The zero-order chi connectivity index (χ0) is 37.8. The minimum atomic E-state index is -1.82. The van der Waals surface area contributed by atoms with Crippen molar-refractivity contribution in [2.24, 2.45) is 0 Å². The highest BCUT2D eigenvalue weighted by Gasteiger charge is 2.23. The van der Waals surface area contributed by atoms with Gasteiger partial charge in [0, 0.05) is 50.6 Å². The van der Waals surface area contributed by atoms with Crippen molar-refractivity contribution in [1.82, 2.24) is 14.7 Å². The molecule has 0 atom stereocenters. The summed E-state index contributed by atoms with van der Waals surface area (Å²) in [7, 11) is 1.66. The monoisotopic (exact) mass is 733 g/mol. The van der Waals surface area contributed by atoms with E-state index in [4.69, 9.17) is 49.1 Å². The number of aliphatic carboxylic acids is 4. The first-order valence-corrected chi connectivity index (χ1v) is 16.5. The fraction of sp³-hybridized carbons (Fsp3) is 0.222. The first kappa shape index (κ1) is 38.5. The Hall–Kier alpha value is -6.26. The molecule has 0 amide bonds. The molecule has 3 aromatic carbocycles. The second kappa shape index (κ2) is 18.1. The summed E-state index contributed by atoms with van der Waals surface area (Å²) in [5.74, 6) is -5.71. The molecule has 0 radical (unpaired) electrons. The quantitative estimate of drug-likeness (QED) is 0.0969. The maximum Gasteiger partial charge on any atom is 0.414 e. The standard InChI is InChI=1S/C32H31N3O4S.2C2H2O4/c1-38-28-19-23(5-6-24(28)21-34-14-2-3-15-34)31(37)30-27-12-9-25(36)20-29(27)40-32(30)22-7-10-26(11-8-22)39-18-17-35-16-4-13-33-35;2*3-1(4)2(5)6/h4-13,16,19-20,36H,2-3,14-15,17-18,21H2,1H3;2*(H,3,4)(H,5,6). The van der Waals surface area contributed by atoms with Gasteiger partial charge in [0.15, 0.2) is 5.78 Å². The fourth-order valence-corrected chi connectivity index (χ4v) is 6.49. The van der Waals surface area contributed by atoms with Crippen molar-refractivity contribution >= 4 is 51.1 Å². The summed E-state index contributed by atoms with van der Waals surface area (Å²) >= 11 is 1.50. The Balaban J connectivity index is 0.000000436. The van der Waals surface area contributed by atoms with Crippen LogP contribution in [0.3, 0.4) is 0 Å². The lowest BCUT2D eigenvalue weighted by atomic mass is 9.96. The molecule has 0 saturated carbocycles. The highest BCUT2D eigenvalue weighted by Crippen LogP contribution is 2.42. The molecule has 1 saturated heterocycles. The van der Waals surface area contributed by atoms with E-state index >= 15 is 0 Å². The van der Waals surface area contributed by atoms with Gasteiger partial charge in [0.2, 0.25) is 0 Å². The second-order valence-electron chi connectivity index (χ2n) is 11.2. The van der Waals surface area contributed by atoms with Crippen molar-refractivity contribution in [3.8, 4) is 27.7 Å². The molecule has 1 aliphatic rings. The van der Waals surface area contributed by atoms with E-state index < -0.39 is 23.9 Å². The van der Waals surface area contributed by atoms with Crippen molar-refractivity contribution in [2.75, 3.05) is 26.8 Å². The number of hydrogen-bond donors (Lipinski definition) is 5. The number of carbonyl (C=O) groups is 5. The van der Waals surface area contributed by atoms with Crippen LogP contribution in [0.25, 0.3) is 20.5 Å². The molecular weight excluding hydrogens is 698 g/mol. The summed E-state index contributed by atoms with van der Waals surface area (Å²) in [6.45, 7) is 4.17. The Kier molecular flexibility index (Phi) is 13.4. The smallest absolute Gasteiger partial charge is 0.414 e. The van der Waals surface area contributed by atoms with Crippen LogP contribution in [0.4, 0.5) is 0 Å². The Bertz CT molecular complexity index is 1990. The lowest BCUT2D eigenvalue weighted by molar-refractivity contribution is -0.159. The summed E-state index contributed by atoms with van der Waals surface area (Å²) in [5, 5.41) is 44.7. The Morgan fingerprint density at radius 2 is 1.50 bits per heavy atom. The highest BCUT2D eigenvalue weighted by molar-refractivity contribution is 7.22. The number of aromatic hydroxyl groups is 1. The van der Waals surface area contributed by atoms with E-state index in [1.807, 2.05) is 65.5 Å². The molecule has 0 aliphatic carbocycles. The SMILES string of the molecule is COc1cc(C(=O)c2c(-c3ccc(OCCn4cccn4)cc3)sc3cc(O)ccc23)ccc1CN1CCCC1.O=C(O)C(=O)O.O=C(O)C(=O)O. The van der Waals surface area contributed by atoms with Gasteiger partial charge in [0.25, 0.3) is 0 Å². The van der Waals surface area contributed by atoms with Crippen LogP contribution in [0.15, 0.2) is 79.1 Å². The normalized spacial score (nSPS) is 12.2. The number of rotatable bonds is 10. The van der Waals surface area contributed by atoms with Crippen LogP contribution < -0.4 is 9.47 Å². The number of likely N-dealkylation sites (tertiary alicyclic amines) is 1. The van der Waals surface area contributed by atoms with Gasteiger partial charge in [-0.1, -0.05) is 12.1 Å². The number of carboxylic acids is 4. The number of carboxylic acid groups (broad SMARTS) is 4. The molecule has 52 heavy (non-hydrogen) atoms. The molecule has 16 heteroatoms. The predicted molar refractivity (Wildman–Crippen MR) is 188 cm³/mol. The van der Waals surface area contributed by atoms with Gasteiger partial charge in [-0.05, 0) is 86.1 Å². The molecule has 6 rings (SSSR count). The van der Waals surface area contributed by atoms with E-state index in [2.05, 4.69) is 10.00 Å². The van der Waals surface area contributed by atoms with Crippen molar-refractivity contribution < 1.29 is 59.0 Å². The molecule has 0 spiro atoms. The van der Waals surface area contributed by atoms with Crippen LogP contribution in [-0.4, -0.2) is 96.7 Å². The van der Waals surface area contributed by atoms with E-state index in [1.165, 1.54) is 24.2 Å². The second-order valence-corrected chi connectivity index (χ2v) is 12.2. The van der Waals surface area contributed by atoms with E-state index in [0.29, 0.717) is 24.3 Å². The summed E-state index contributed by atoms with van der Waals surface area (Å²) in [6.07, 6.45) is 6.10. The molecule has 0 unspecified atom stereocenters. The van der Waals surface area contributed by atoms with E-state index in [9.17, 15) is 9.90 Å². The zero-order valence-electron chi connectivity index (χ0n) is 27.8. The molecular formula is C36H35N3O12S. The topological polar surface area (TPSA) is 226 Å². The number of hydrogen-bond acceptors (Lipinski definition) is 11. The van der Waals surface area contributed by atoms with Crippen LogP contribution in [0, 0.1) is 0 Å². The number of thiophene rings is 1. The zero-order valence-corrected chi connectivity index (χ0v) is 28.6. The predicted octanol–water partition coefficient (Wildman–Crippen LogP) is 4.70. The number of methoxy groups -OCH3 is 1. The van der Waals surface area contributed by atoms with Crippen molar-refractivity contribution in [2.45, 2.75) is 25.9 Å². The first-order chi connectivity index (χ1) is 24.9. The lowest BCUT2D eigenvalue weighted by Gasteiger charge is -2.17. The molecule has 2 aromatic heterocycles. The highest BCUT2D eigenvalue weighted by atomic mass is 32.1. The molecule has 5 N–H and O–H groups in total. The van der Waals surface area contributed by atoms with Gasteiger partial charge in [-0.3, -0.25) is 14.4 Å². The fourth-order valence-electron chi connectivity index (χ4n) is 5.25. The number of ether oxygens (including phenoxy) is 2. The van der Waals surface area contributed by atoms with Crippen LogP contribution in [-0.2, 0) is 32.3 Å². The summed E-state index contributed by atoms with van der Waals surface area (Å²) in [6, 6.07) is 20.6. The van der Waals surface area contributed by atoms with Gasteiger partial charge in [-0.25, -0.2) is 19.2 Å². The lowest BCUT2D eigenvalue weighted by Crippen LogP contribution is -2.19. The summed E-state index contributed by atoms with van der Waals surface area (Å²) < 4.78 is 14.3. The third-order valence-electron chi connectivity index (χ3n) is 7.67. The maximum atomic E-state index is 14.1. The first-order valence-electron chi connectivity index (χ1n) is 15.7. The minimum absolute atomic E-state index is 0.0717. The van der Waals surface area contributed by atoms with Crippen molar-refractivity contribution in [1.29, 1.82) is 0 Å². The number of aromatic nitrogens is 2. The molecule has 0 bridgehead atoms. The Morgan fingerprint density at radius 3 is 2.08 bits per heavy atom. The molecule has 3 heterocycles. The van der Waals surface area contributed by atoms with E-state index in [0.717, 1.165) is 57.2 Å². The number of benzene rings is 3. The van der Waals surface area contributed by atoms with Gasteiger partial charge < -0.3 is 35.0 Å².